The summed E-state index contributed by atoms with van der Waals surface area (Å²) in [6.07, 6.45) is 0.715. The molecule has 2 amide bonds. The van der Waals surface area contributed by atoms with E-state index in [-0.39, 0.29) is 5.91 Å². The molecule has 2 N–H and O–H groups in total. The van der Waals surface area contributed by atoms with Crippen LogP contribution < -0.4 is 5.48 Å². The van der Waals surface area contributed by atoms with Gasteiger partial charge in [-0.25, -0.2) is 10.5 Å². The third kappa shape index (κ3) is 2.65. The van der Waals surface area contributed by atoms with E-state index < -0.39 is 5.91 Å². The number of fused-ring (bicyclic) bond motifs is 1. The number of rotatable bonds is 2. The largest absolute Gasteiger partial charge is 0.332 e. The van der Waals surface area contributed by atoms with E-state index >= 15 is 0 Å². The molecule has 0 bridgehead atoms. The maximum atomic E-state index is 12.6. The van der Waals surface area contributed by atoms with Crippen LogP contribution in [0.3, 0.4) is 0 Å². The predicted molar refractivity (Wildman–Crippen MR) is 83.6 cm³/mol. The van der Waals surface area contributed by atoms with E-state index in [9.17, 15) is 9.59 Å². The Balaban J connectivity index is 1.82. The summed E-state index contributed by atoms with van der Waals surface area (Å²) in [5, 5.41) is 9.59. The Morgan fingerprint density at radius 2 is 2.14 bits per heavy atom. The van der Waals surface area contributed by atoms with E-state index in [0.717, 1.165) is 21.1 Å². The summed E-state index contributed by atoms with van der Waals surface area (Å²) in [5.41, 5.74) is 3.49. The van der Waals surface area contributed by atoms with Crippen LogP contribution in [0.2, 0.25) is 0 Å². The van der Waals surface area contributed by atoms with Crippen LogP contribution in [0.5, 0.6) is 0 Å². The standard InChI is InChI=1S/C14H15N3O3S2/c1-7-12(21-8(2)15-7)14(19)17-4-3-9-5-10(13(18)16-20)22-11(9)6-17/h5,20H,3-4,6H2,1-2H3,(H,16,18). The molecule has 1 aliphatic rings. The molecule has 0 aromatic carbocycles. The van der Waals surface area contributed by atoms with Crippen LogP contribution in [0.15, 0.2) is 6.07 Å². The fraction of sp³-hybridized carbons (Fsp3) is 0.357. The number of hydrogen-bond donors (Lipinski definition) is 2. The van der Waals surface area contributed by atoms with Crippen LogP contribution in [0.4, 0.5) is 0 Å². The van der Waals surface area contributed by atoms with E-state index in [0.29, 0.717) is 29.3 Å². The highest BCUT2D eigenvalue weighted by molar-refractivity contribution is 7.14. The quantitative estimate of drug-likeness (QED) is 0.650. The molecular weight excluding hydrogens is 322 g/mol. The number of carbonyl (C=O) groups is 2. The number of amides is 2. The first-order valence-corrected chi connectivity index (χ1v) is 8.42. The molecular formula is C14H15N3O3S2. The van der Waals surface area contributed by atoms with Crippen molar-refractivity contribution in [2.45, 2.75) is 26.8 Å². The Hall–Kier alpha value is -1.77. The topological polar surface area (TPSA) is 82.5 Å². The van der Waals surface area contributed by atoms with Crippen molar-refractivity contribution < 1.29 is 14.8 Å². The van der Waals surface area contributed by atoms with Gasteiger partial charge in [0.05, 0.1) is 22.1 Å². The number of hydroxylamine groups is 1. The van der Waals surface area contributed by atoms with Crippen molar-refractivity contribution >= 4 is 34.5 Å². The predicted octanol–water partition coefficient (Wildman–Crippen LogP) is 2.14. The molecule has 6 nitrogen and oxygen atoms in total. The molecule has 0 atom stereocenters. The van der Waals surface area contributed by atoms with Gasteiger partial charge in [0.25, 0.3) is 11.8 Å². The summed E-state index contributed by atoms with van der Waals surface area (Å²) >= 11 is 2.73. The van der Waals surface area contributed by atoms with Gasteiger partial charge >= 0.3 is 0 Å². The molecule has 0 radical (unpaired) electrons. The molecule has 116 valence electrons. The fourth-order valence-corrected chi connectivity index (χ4v) is 4.54. The van der Waals surface area contributed by atoms with Gasteiger partial charge < -0.3 is 4.90 Å². The van der Waals surface area contributed by atoms with Gasteiger partial charge in [-0.05, 0) is 31.9 Å². The number of thiazole rings is 1. The van der Waals surface area contributed by atoms with E-state index in [1.54, 1.807) is 16.4 Å². The Morgan fingerprint density at radius 3 is 2.77 bits per heavy atom. The maximum absolute atomic E-state index is 12.6. The van der Waals surface area contributed by atoms with Crippen molar-refractivity contribution in [2.24, 2.45) is 0 Å². The normalized spacial score (nSPS) is 13.9. The van der Waals surface area contributed by atoms with Gasteiger partial charge in [0, 0.05) is 11.4 Å². The maximum Gasteiger partial charge on any atom is 0.284 e. The van der Waals surface area contributed by atoms with Gasteiger partial charge in [-0.3, -0.25) is 14.8 Å². The summed E-state index contributed by atoms with van der Waals surface area (Å²) in [7, 11) is 0. The van der Waals surface area contributed by atoms with Crippen LogP contribution in [0.25, 0.3) is 0 Å². The average molecular weight is 337 g/mol. The first-order valence-electron chi connectivity index (χ1n) is 6.79. The lowest BCUT2D eigenvalue weighted by Gasteiger charge is -2.26. The molecule has 0 aliphatic carbocycles. The molecule has 0 saturated heterocycles. The molecule has 0 fully saturated rings. The summed E-state index contributed by atoms with van der Waals surface area (Å²) < 4.78 is 0. The second kappa shape index (κ2) is 5.79. The van der Waals surface area contributed by atoms with Crippen molar-refractivity contribution in [3.05, 3.63) is 37.0 Å². The number of aromatic nitrogens is 1. The Kier molecular flexibility index (Phi) is 3.98. The van der Waals surface area contributed by atoms with Gasteiger partial charge in [-0.1, -0.05) is 0 Å². The number of carbonyl (C=O) groups excluding carboxylic acids is 2. The third-order valence-electron chi connectivity index (χ3n) is 3.59. The van der Waals surface area contributed by atoms with Crippen LogP contribution in [0, 0.1) is 13.8 Å². The molecule has 2 aromatic rings. The van der Waals surface area contributed by atoms with Crippen LogP contribution in [0.1, 0.15) is 40.5 Å². The molecule has 0 saturated carbocycles. The molecule has 8 heteroatoms. The fourth-order valence-electron chi connectivity index (χ4n) is 2.53. The first kappa shape index (κ1) is 15.1. The lowest BCUT2D eigenvalue weighted by molar-refractivity contribution is 0.0709. The van der Waals surface area contributed by atoms with Gasteiger partial charge in [-0.15, -0.1) is 22.7 Å². The highest BCUT2D eigenvalue weighted by atomic mass is 32.1. The minimum absolute atomic E-state index is 0.00434. The number of aryl methyl sites for hydroxylation is 2. The smallest absolute Gasteiger partial charge is 0.284 e. The number of nitrogens with one attached hydrogen (secondary N) is 1. The van der Waals surface area contributed by atoms with Crippen molar-refractivity contribution in [1.29, 1.82) is 0 Å². The van der Waals surface area contributed by atoms with Crippen molar-refractivity contribution in [1.82, 2.24) is 15.4 Å². The number of nitrogens with zero attached hydrogens (tertiary/aromatic N) is 2. The van der Waals surface area contributed by atoms with E-state index in [1.807, 2.05) is 13.8 Å². The van der Waals surface area contributed by atoms with Gasteiger partial charge in [0.2, 0.25) is 0 Å². The molecule has 3 heterocycles. The lowest BCUT2D eigenvalue weighted by atomic mass is 10.1. The van der Waals surface area contributed by atoms with Gasteiger partial charge in [0.15, 0.2) is 0 Å². The molecule has 0 spiro atoms. The lowest BCUT2D eigenvalue weighted by Crippen LogP contribution is -2.35. The Labute approximate surface area is 135 Å². The van der Waals surface area contributed by atoms with Crippen molar-refractivity contribution in [3.8, 4) is 0 Å². The minimum Gasteiger partial charge on any atom is -0.332 e. The minimum atomic E-state index is -0.508. The van der Waals surface area contributed by atoms with Crippen LogP contribution in [-0.4, -0.2) is 33.5 Å². The van der Waals surface area contributed by atoms with Crippen molar-refractivity contribution in [2.75, 3.05) is 6.54 Å². The Bertz CT molecular complexity index is 751. The molecule has 22 heavy (non-hydrogen) atoms. The van der Waals surface area contributed by atoms with E-state index in [1.165, 1.54) is 22.7 Å². The molecule has 3 rings (SSSR count). The Morgan fingerprint density at radius 1 is 1.36 bits per heavy atom. The number of hydrogen-bond acceptors (Lipinski definition) is 6. The highest BCUT2D eigenvalue weighted by Gasteiger charge is 2.27. The second-order valence-corrected chi connectivity index (χ2v) is 7.46. The van der Waals surface area contributed by atoms with E-state index in [4.69, 9.17) is 5.21 Å². The average Bonchev–Trinajstić information content (AvgIpc) is 3.07. The molecule has 2 aromatic heterocycles. The zero-order valence-electron chi connectivity index (χ0n) is 12.2. The van der Waals surface area contributed by atoms with Gasteiger partial charge in [-0.2, -0.15) is 0 Å². The number of thiophene rings is 1. The molecule has 0 unspecified atom stereocenters. The van der Waals surface area contributed by atoms with Crippen LogP contribution >= 0.6 is 22.7 Å². The zero-order valence-corrected chi connectivity index (χ0v) is 13.8. The molecule has 1 aliphatic heterocycles. The second-order valence-electron chi connectivity index (χ2n) is 5.12. The third-order valence-corrected chi connectivity index (χ3v) is 5.81. The highest BCUT2D eigenvalue weighted by Crippen LogP contribution is 2.30. The monoisotopic (exact) mass is 337 g/mol. The summed E-state index contributed by atoms with van der Waals surface area (Å²) in [6.45, 7) is 4.86. The summed E-state index contributed by atoms with van der Waals surface area (Å²) in [4.78, 5) is 32.3. The first-order chi connectivity index (χ1) is 10.5. The van der Waals surface area contributed by atoms with Crippen LogP contribution in [-0.2, 0) is 13.0 Å². The summed E-state index contributed by atoms with van der Waals surface area (Å²) in [6, 6.07) is 1.79. The summed E-state index contributed by atoms with van der Waals surface area (Å²) in [5.74, 6) is -0.512. The van der Waals surface area contributed by atoms with Gasteiger partial charge in [0.1, 0.15) is 4.88 Å². The van der Waals surface area contributed by atoms with Crippen molar-refractivity contribution in [3.63, 3.8) is 0 Å². The zero-order chi connectivity index (χ0) is 15.9. The SMILES string of the molecule is Cc1nc(C)c(C(=O)N2CCc3cc(C(=O)NO)sc3C2)s1. The van der Waals surface area contributed by atoms with E-state index in [2.05, 4.69) is 4.98 Å².